The van der Waals surface area contributed by atoms with Crippen LogP contribution in [0.4, 0.5) is 5.69 Å². The number of anilines is 1. The predicted octanol–water partition coefficient (Wildman–Crippen LogP) is 3.20. The Morgan fingerprint density at radius 3 is 2.32 bits per heavy atom. The fraction of sp³-hybridized carbons (Fsp3) is 0.593. The molecule has 10 nitrogen and oxygen atoms in total. The number of carbonyl (C=O) groups excluding carboxylic acids is 5. The first-order valence-corrected chi connectivity index (χ1v) is 13.2. The summed E-state index contributed by atoms with van der Waals surface area (Å²) in [6.07, 6.45) is 7.45. The number of piperidine rings is 1. The van der Waals surface area contributed by atoms with Crippen molar-refractivity contribution < 1.29 is 33.4 Å². The summed E-state index contributed by atoms with van der Waals surface area (Å²) < 4.78 is 11.1. The number of amides is 5. The predicted molar refractivity (Wildman–Crippen MR) is 136 cm³/mol. The molecule has 10 heteroatoms. The number of hydrogen-bond acceptors (Lipinski definition) is 7. The molecule has 1 aromatic carbocycles. The third kappa shape index (κ3) is 7.93. The third-order valence-corrected chi connectivity index (χ3v) is 6.45. The van der Waals surface area contributed by atoms with Gasteiger partial charge in [0.15, 0.2) is 0 Å². The zero-order chi connectivity index (χ0) is 26.6. The van der Waals surface area contributed by atoms with Crippen LogP contribution in [-0.4, -0.2) is 66.9 Å². The van der Waals surface area contributed by atoms with Gasteiger partial charge in [-0.3, -0.25) is 34.2 Å². The van der Waals surface area contributed by atoms with Gasteiger partial charge in [0.05, 0.1) is 30.0 Å². The van der Waals surface area contributed by atoms with E-state index in [4.69, 9.17) is 9.47 Å². The van der Waals surface area contributed by atoms with Crippen molar-refractivity contribution in [3.05, 3.63) is 29.3 Å². The van der Waals surface area contributed by atoms with Crippen LogP contribution in [0.1, 0.15) is 91.8 Å². The molecule has 2 aliphatic heterocycles. The first-order chi connectivity index (χ1) is 17.9. The van der Waals surface area contributed by atoms with Gasteiger partial charge in [0.25, 0.3) is 11.8 Å². The number of imide groups is 2. The maximum absolute atomic E-state index is 13.1. The highest BCUT2D eigenvalue weighted by atomic mass is 16.5. The molecule has 0 saturated carbocycles. The van der Waals surface area contributed by atoms with Gasteiger partial charge in [-0.25, -0.2) is 0 Å². The van der Waals surface area contributed by atoms with Crippen LogP contribution in [0.3, 0.4) is 0 Å². The maximum Gasteiger partial charge on any atom is 0.264 e. The van der Waals surface area contributed by atoms with Crippen LogP contribution in [0.2, 0.25) is 0 Å². The van der Waals surface area contributed by atoms with Gasteiger partial charge in [0.1, 0.15) is 6.04 Å². The zero-order valence-electron chi connectivity index (χ0n) is 21.5. The number of nitrogens with one attached hydrogen (secondary N) is 2. The lowest BCUT2D eigenvalue weighted by atomic mass is 10.0. The molecule has 2 heterocycles. The molecule has 1 aromatic rings. The van der Waals surface area contributed by atoms with E-state index in [9.17, 15) is 24.0 Å². The summed E-state index contributed by atoms with van der Waals surface area (Å²) in [5.41, 5.74) is 0.454. The Hall–Kier alpha value is -3.11. The maximum atomic E-state index is 13.1. The van der Waals surface area contributed by atoms with Gasteiger partial charge in [-0.05, 0) is 37.8 Å². The van der Waals surface area contributed by atoms with E-state index in [0.717, 1.165) is 30.8 Å². The minimum Gasteiger partial charge on any atom is -0.379 e. The van der Waals surface area contributed by atoms with Crippen molar-refractivity contribution in [2.24, 2.45) is 0 Å². The zero-order valence-corrected chi connectivity index (χ0v) is 21.5. The summed E-state index contributed by atoms with van der Waals surface area (Å²) in [7, 11) is 0. The molecule has 2 N–H and O–H groups in total. The van der Waals surface area contributed by atoms with Crippen molar-refractivity contribution in [1.29, 1.82) is 0 Å². The molecule has 0 bridgehead atoms. The average Bonchev–Trinajstić information content (AvgIpc) is 3.12. The molecule has 0 spiro atoms. The third-order valence-electron chi connectivity index (χ3n) is 6.45. The Kier molecular flexibility index (Phi) is 11.2. The van der Waals surface area contributed by atoms with Crippen LogP contribution in [0.15, 0.2) is 18.2 Å². The van der Waals surface area contributed by atoms with E-state index >= 15 is 0 Å². The Bertz CT molecular complexity index is 994. The van der Waals surface area contributed by atoms with Gasteiger partial charge in [-0.15, -0.1) is 0 Å². The second kappa shape index (κ2) is 14.6. The van der Waals surface area contributed by atoms with Gasteiger partial charge in [-0.2, -0.15) is 0 Å². The Morgan fingerprint density at radius 2 is 1.65 bits per heavy atom. The molecular formula is C27H37N3O7. The molecule has 0 aliphatic carbocycles. The Morgan fingerprint density at radius 1 is 0.946 bits per heavy atom. The molecule has 1 unspecified atom stereocenters. The number of fused-ring (bicyclic) bond motifs is 1. The van der Waals surface area contributed by atoms with Gasteiger partial charge in [-0.1, -0.05) is 38.7 Å². The summed E-state index contributed by atoms with van der Waals surface area (Å²) in [4.78, 5) is 63.0. The molecule has 202 valence electrons. The number of benzene rings is 1. The Balaban J connectivity index is 1.37. The van der Waals surface area contributed by atoms with Crippen LogP contribution in [0, 0.1) is 0 Å². The SMILES string of the molecule is CCCCCCOCCOCCCCCC(=O)Nc1cccc2c1C(=O)N(C1CCC(=O)NC1=O)C2=O. The molecule has 0 aromatic heterocycles. The van der Waals surface area contributed by atoms with Gasteiger partial charge < -0.3 is 14.8 Å². The fourth-order valence-corrected chi connectivity index (χ4v) is 4.45. The second-order valence-corrected chi connectivity index (χ2v) is 9.32. The molecular weight excluding hydrogens is 478 g/mol. The first-order valence-electron chi connectivity index (χ1n) is 13.2. The van der Waals surface area contributed by atoms with Crippen molar-refractivity contribution in [2.75, 3.05) is 31.7 Å². The van der Waals surface area contributed by atoms with Gasteiger partial charge in [0, 0.05) is 26.1 Å². The quantitative estimate of drug-likeness (QED) is 0.255. The van der Waals surface area contributed by atoms with Gasteiger partial charge in [0.2, 0.25) is 17.7 Å². The van der Waals surface area contributed by atoms with E-state index < -0.39 is 29.7 Å². The summed E-state index contributed by atoms with van der Waals surface area (Å²) in [6.45, 7) is 4.73. The molecule has 5 amide bonds. The van der Waals surface area contributed by atoms with Crippen LogP contribution in [-0.2, 0) is 23.9 Å². The summed E-state index contributed by atoms with van der Waals surface area (Å²) in [5, 5.41) is 4.91. The van der Waals surface area contributed by atoms with E-state index in [1.807, 2.05) is 0 Å². The summed E-state index contributed by atoms with van der Waals surface area (Å²) >= 11 is 0. The lowest BCUT2D eigenvalue weighted by Crippen LogP contribution is -2.54. The topological polar surface area (TPSA) is 131 Å². The van der Waals surface area contributed by atoms with Crippen LogP contribution in [0.25, 0.3) is 0 Å². The summed E-state index contributed by atoms with van der Waals surface area (Å²) in [6, 6.07) is 3.59. The van der Waals surface area contributed by atoms with E-state index in [2.05, 4.69) is 17.6 Å². The monoisotopic (exact) mass is 515 g/mol. The van der Waals surface area contributed by atoms with E-state index in [-0.39, 0.29) is 42.0 Å². The fourth-order valence-electron chi connectivity index (χ4n) is 4.45. The molecule has 1 fully saturated rings. The molecule has 3 rings (SSSR count). The first kappa shape index (κ1) is 28.5. The number of hydrogen-bond donors (Lipinski definition) is 2. The number of nitrogens with zero attached hydrogens (tertiary/aromatic N) is 1. The van der Waals surface area contributed by atoms with Crippen molar-refractivity contribution in [2.45, 2.75) is 77.2 Å². The number of rotatable bonds is 16. The van der Waals surface area contributed by atoms with E-state index in [0.29, 0.717) is 26.2 Å². The number of unbranched alkanes of at least 4 members (excludes halogenated alkanes) is 5. The highest BCUT2D eigenvalue weighted by Crippen LogP contribution is 2.32. The smallest absolute Gasteiger partial charge is 0.264 e. The summed E-state index contributed by atoms with van der Waals surface area (Å²) in [5.74, 6) is -2.61. The average molecular weight is 516 g/mol. The van der Waals surface area contributed by atoms with Crippen molar-refractivity contribution in [3.8, 4) is 0 Å². The lowest BCUT2D eigenvalue weighted by Gasteiger charge is -2.27. The Labute approximate surface area is 217 Å². The van der Waals surface area contributed by atoms with Crippen molar-refractivity contribution in [3.63, 3.8) is 0 Å². The number of carbonyl (C=O) groups is 5. The minimum atomic E-state index is -1.05. The normalized spacial score (nSPS) is 17.2. The highest BCUT2D eigenvalue weighted by Gasteiger charge is 2.45. The second-order valence-electron chi connectivity index (χ2n) is 9.32. The highest BCUT2D eigenvalue weighted by molar-refractivity contribution is 6.26. The van der Waals surface area contributed by atoms with Gasteiger partial charge >= 0.3 is 0 Å². The van der Waals surface area contributed by atoms with Crippen LogP contribution < -0.4 is 10.6 Å². The van der Waals surface area contributed by atoms with E-state index in [1.165, 1.54) is 25.3 Å². The standard InChI is InChI=1S/C27H37N3O7/c1-2-3-4-7-15-36-17-18-37-16-8-5-6-12-22(31)28-20-11-9-10-19-24(20)27(35)30(26(19)34)21-13-14-23(32)29-25(21)33/h9-11,21H,2-8,12-18H2,1H3,(H,28,31)(H,29,32,33). The van der Waals surface area contributed by atoms with Crippen LogP contribution in [0.5, 0.6) is 0 Å². The molecule has 37 heavy (non-hydrogen) atoms. The van der Waals surface area contributed by atoms with Crippen molar-refractivity contribution in [1.82, 2.24) is 10.2 Å². The lowest BCUT2D eigenvalue weighted by molar-refractivity contribution is -0.136. The largest absolute Gasteiger partial charge is 0.379 e. The van der Waals surface area contributed by atoms with Crippen molar-refractivity contribution >= 4 is 35.2 Å². The molecule has 2 aliphatic rings. The molecule has 1 atom stereocenters. The molecule has 0 radical (unpaired) electrons. The number of ether oxygens (including phenoxy) is 2. The minimum absolute atomic E-state index is 0.0470. The van der Waals surface area contributed by atoms with Crippen LogP contribution >= 0.6 is 0 Å². The van der Waals surface area contributed by atoms with E-state index in [1.54, 1.807) is 12.1 Å². The molecule has 1 saturated heterocycles.